The molecule has 5 rings (SSSR count). The number of hydrogen-bond acceptors (Lipinski definition) is 6. The first-order valence-electron chi connectivity index (χ1n) is 13.2. The third kappa shape index (κ3) is 8.44. The molecule has 2 aromatic carbocycles. The van der Waals surface area contributed by atoms with Crippen LogP contribution < -0.4 is 10.2 Å². The van der Waals surface area contributed by atoms with Gasteiger partial charge < -0.3 is 20.1 Å². The summed E-state index contributed by atoms with van der Waals surface area (Å²) in [5, 5.41) is 13.0. The van der Waals surface area contributed by atoms with Gasteiger partial charge in [-0.2, -0.15) is 13.2 Å². The van der Waals surface area contributed by atoms with Gasteiger partial charge in [0.15, 0.2) is 0 Å². The van der Waals surface area contributed by atoms with E-state index >= 15 is 0 Å². The molecule has 2 N–H and O–H groups in total. The topological polar surface area (TPSA) is 105 Å². The fourth-order valence-electron chi connectivity index (χ4n) is 4.71. The molecule has 0 spiro atoms. The summed E-state index contributed by atoms with van der Waals surface area (Å²) in [6, 6.07) is 13.6. The number of anilines is 1. The molecule has 4 aromatic rings. The molecule has 1 unspecified atom stereocenters. The van der Waals surface area contributed by atoms with Crippen LogP contribution in [0.3, 0.4) is 0 Å². The van der Waals surface area contributed by atoms with Crippen molar-refractivity contribution >= 4 is 28.5 Å². The number of pyridine rings is 2. The van der Waals surface area contributed by atoms with Crippen molar-refractivity contribution in [1.29, 1.82) is 0 Å². The highest BCUT2D eigenvalue weighted by molar-refractivity contribution is 5.97. The lowest BCUT2D eigenvalue weighted by molar-refractivity contribution is -0.139. The highest BCUT2D eigenvalue weighted by Gasteiger charge is 2.26. The number of carbonyl (C=O) groups excluding carboxylic acids is 1. The molecule has 226 valence electrons. The summed E-state index contributed by atoms with van der Waals surface area (Å²) in [6.07, 6.45) is 3.82. The lowest BCUT2D eigenvalue weighted by Gasteiger charge is -2.29. The largest absolute Gasteiger partial charge is 0.480 e. The second-order valence-corrected chi connectivity index (χ2v) is 9.52. The Bertz CT molecular complexity index is 1550. The Hall–Kier alpha value is -4.65. The van der Waals surface area contributed by atoms with Crippen LogP contribution in [0.5, 0.6) is 0 Å². The SMILES string of the molecule is FC(F)F.O=C(NC(Cc1cccc(Cc2nccc3ncccc23)c1)C(=O)O)c1c(F)cc(N2CCOCC2)cc1F. The summed E-state index contributed by atoms with van der Waals surface area (Å²) < 4.78 is 64.0. The van der Waals surface area contributed by atoms with E-state index in [1.807, 2.05) is 30.3 Å². The van der Waals surface area contributed by atoms with Gasteiger partial charge in [0.05, 0.1) is 24.4 Å². The number of carbonyl (C=O) groups is 2. The predicted octanol–water partition coefficient (Wildman–Crippen LogP) is 4.94. The quantitative estimate of drug-likeness (QED) is 0.276. The van der Waals surface area contributed by atoms with Crippen LogP contribution in [0.4, 0.5) is 27.6 Å². The number of nitrogens with zero attached hydrogens (tertiary/aromatic N) is 3. The van der Waals surface area contributed by atoms with E-state index in [1.54, 1.807) is 29.4 Å². The molecule has 1 aliphatic heterocycles. The smallest absolute Gasteiger partial charge is 0.379 e. The second kappa shape index (κ2) is 14.5. The normalized spacial score (nSPS) is 13.8. The van der Waals surface area contributed by atoms with Crippen LogP contribution in [0.25, 0.3) is 10.9 Å². The fraction of sp³-hybridized carbons (Fsp3) is 0.267. The monoisotopic (exact) mass is 602 g/mol. The molecular formula is C30H27F5N4O4. The molecule has 0 radical (unpaired) electrons. The molecule has 1 aliphatic rings. The van der Waals surface area contributed by atoms with Crippen molar-refractivity contribution in [3.8, 4) is 0 Å². The van der Waals surface area contributed by atoms with Gasteiger partial charge in [0.2, 0.25) is 0 Å². The summed E-state index contributed by atoms with van der Waals surface area (Å²) in [7, 11) is 0. The summed E-state index contributed by atoms with van der Waals surface area (Å²) in [5.41, 5.74) is 2.66. The molecule has 1 atom stereocenters. The van der Waals surface area contributed by atoms with Gasteiger partial charge in [-0.1, -0.05) is 24.3 Å². The van der Waals surface area contributed by atoms with Crippen LogP contribution >= 0.6 is 0 Å². The Morgan fingerprint density at radius 2 is 1.60 bits per heavy atom. The van der Waals surface area contributed by atoms with E-state index in [0.29, 0.717) is 44.0 Å². The first-order valence-corrected chi connectivity index (χ1v) is 13.2. The summed E-state index contributed by atoms with van der Waals surface area (Å²) in [5.74, 6) is -4.56. The van der Waals surface area contributed by atoms with Gasteiger partial charge in [-0.25, -0.2) is 13.6 Å². The van der Waals surface area contributed by atoms with Crippen LogP contribution in [0.2, 0.25) is 0 Å². The maximum absolute atomic E-state index is 14.8. The third-order valence-corrected chi connectivity index (χ3v) is 6.65. The standard InChI is InChI=1S/C29H26F2N4O4.CHF3/c30-22-16-20(35-9-11-39-12-10-35)17-23(31)27(22)28(36)34-26(29(37)38)15-19-4-1-3-18(13-19)14-25-21-5-2-7-32-24(21)6-8-33-25;2-1(3)4/h1-8,13,16-17,26H,9-12,14-15H2,(H,34,36)(H,37,38);1H. The average Bonchev–Trinajstić information content (AvgIpc) is 2.97. The zero-order valence-electron chi connectivity index (χ0n) is 22.7. The van der Waals surface area contributed by atoms with Crippen molar-refractivity contribution in [3.63, 3.8) is 0 Å². The predicted molar refractivity (Wildman–Crippen MR) is 148 cm³/mol. The zero-order chi connectivity index (χ0) is 30.9. The molecule has 0 saturated carbocycles. The number of aliphatic carboxylic acids is 1. The number of ether oxygens (including phenoxy) is 1. The maximum Gasteiger partial charge on any atom is 0.379 e. The Labute approximate surface area is 243 Å². The highest BCUT2D eigenvalue weighted by atomic mass is 19.4. The van der Waals surface area contributed by atoms with E-state index < -0.39 is 41.8 Å². The average molecular weight is 603 g/mol. The number of fused-ring (bicyclic) bond motifs is 1. The number of benzene rings is 2. The minimum atomic E-state index is -3.67. The molecule has 0 aliphatic carbocycles. The molecule has 2 aromatic heterocycles. The summed E-state index contributed by atoms with van der Waals surface area (Å²) in [4.78, 5) is 35.4. The van der Waals surface area contributed by atoms with Gasteiger partial charge >= 0.3 is 12.6 Å². The molecule has 1 fully saturated rings. The number of carboxylic acid groups (broad SMARTS) is 1. The minimum absolute atomic E-state index is 0.0749. The fourth-order valence-corrected chi connectivity index (χ4v) is 4.71. The van der Waals surface area contributed by atoms with Crippen molar-refractivity contribution in [2.75, 3.05) is 31.2 Å². The van der Waals surface area contributed by atoms with Gasteiger partial charge in [-0.3, -0.25) is 14.8 Å². The van der Waals surface area contributed by atoms with E-state index in [4.69, 9.17) is 4.74 Å². The van der Waals surface area contributed by atoms with E-state index in [-0.39, 0.29) is 6.42 Å². The number of hydrogen-bond donors (Lipinski definition) is 2. The second-order valence-electron chi connectivity index (χ2n) is 9.52. The lowest BCUT2D eigenvalue weighted by Crippen LogP contribution is -2.43. The number of carboxylic acids is 1. The van der Waals surface area contributed by atoms with E-state index in [9.17, 15) is 36.6 Å². The first kappa shape index (κ1) is 31.3. The van der Waals surface area contributed by atoms with Crippen molar-refractivity contribution in [1.82, 2.24) is 15.3 Å². The van der Waals surface area contributed by atoms with Gasteiger partial charge in [0, 0.05) is 49.4 Å². The Morgan fingerprint density at radius 1 is 0.930 bits per heavy atom. The van der Waals surface area contributed by atoms with Crippen molar-refractivity contribution < 1.29 is 41.4 Å². The Morgan fingerprint density at radius 3 is 2.28 bits per heavy atom. The zero-order valence-corrected chi connectivity index (χ0v) is 22.7. The highest BCUT2D eigenvalue weighted by Crippen LogP contribution is 2.24. The van der Waals surface area contributed by atoms with E-state index in [1.165, 1.54) is 0 Å². The molecule has 1 amide bonds. The van der Waals surface area contributed by atoms with Crippen LogP contribution in [0, 0.1) is 11.6 Å². The van der Waals surface area contributed by atoms with E-state index in [0.717, 1.165) is 34.3 Å². The van der Waals surface area contributed by atoms with Gasteiger partial charge in [-0.15, -0.1) is 0 Å². The van der Waals surface area contributed by atoms with Crippen molar-refractivity contribution in [3.05, 3.63) is 101 Å². The summed E-state index contributed by atoms with van der Waals surface area (Å²) >= 11 is 0. The Kier molecular flexibility index (Phi) is 10.5. The van der Waals surface area contributed by atoms with Gasteiger partial charge in [0.25, 0.3) is 5.91 Å². The van der Waals surface area contributed by atoms with Crippen LogP contribution in [-0.4, -0.2) is 66.0 Å². The molecule has 13 heteroatoms. The number of amides is 1. The number of alkyl halides is 3. The first-order chi connectivity index (χ1) is 20.6. The molecule has 0 bridgehead atoms. The van der Waals surface area contributed by atoms with Crippen LogP contribution in [0.15, 0.2) is 67.0 Å². The lowest BCUT2D eigenvalue weighted by atomic mass is 9.99. The van der Waals surface area contributed by atoms with Gasteiger partial charge in [-0.05, 0) is 41.5 Å². The number of halogens is 5. The number of rotatable bonds is 8. The van der Waals surface area contributed by atoms with Crippen LogP contribution in [-0.2, 0) is 22.4 Å². The molecule has 1 saturated heterocycles. The molecule has 8 nitrogen and oxygen atoms in total. The van der Waals surface area contributed by atoms with Crippen molar-refractivity contribution in [2.24, 2.45) is 0 Å². The van der Waals surface area contributed by atoms with Crippen molar-refractivity contribution in [2.45, 2.75) is 25.6 Å². The van der Waals surface area contributed by atoms with E-state index in [2.05, 4.69) is 15.3 Å². The number of nitrogens with one attached hydrogen (secondary N) is 1. The number of aromatic nitrogens is 2. The third-order valence-electron chi connectivity index (χ3n) is 6.65. The Balaban J connectivity index is 0.000000996. The van der Waals surface area contributed by atoms with Gasteiger partial charge in [0.1, 0.15) is 23.2 Å². The molecule has 43 heavy (non-hydrogen) atoms. The summed E-state index contributed by atoms with van der Waals surface area (Å²) in [6.45, 7) is -1.86. The molecular weight excluding hydrogens is 575 g/mol. The van der Waals surface area contributed by atoms with Crippen LogP contribution in [0.1, 0.15) is 27.2 Å². The number of morpholine rings is 1. The minimum Gasteiger partial charge on any atom is -0.480 e. The maximum atomic E-state index is 14.8. The molecule has 3 heterocycles.